The Morgan fingerprint density at radius 2 is 2.28 bits per heavy atom. The van der Waals surface area contributed by atoms with Crippen LogP contribution in [0.15, 0.2) is 39.4 Å². The highest BCUT2D eigenvalue weighted by molar-refractivity contribution is 9.10. The lowest BCUT2D eigenvalue weighted by Gasteiger charge is -2.19. The van der Waals surface area contributed by atoms with E-state index in [9.17, 15) is 0 Å². The van der Waals surface area contributed by atoms with Gasteiger partial charge in [0, 0.05) is 23.1 Å². The molecule has 4 heteroatoms. The summed E-state index contributed by atoms with van der Waals surface area (Å²) in [6.07, 6.45) is 4.28. The fourth-order valence-corrected chi connectivity index (χ4v) is 2.74. The van der Waals surface area contributed by atoms with E-state index in [0.29, 0.717) is 5.02 Å². The molecular formula is C14H16BrClN2. The normalized spacial score (nSPS) is 18.8. The van der Waals surface area contributed by atoms with Crippen molar-refractivity contribution in [2.45, 2.75) is 26.7 Å². The Balaban J connectivity index is 2.32. The summed E-state index contributed by atoms with van der Waals surface area (Å²) in [6, 6.07) is 5.79. The summed E-state index contributed by atoms with van der Waals surface area (Å²) in [4.78, 5) is 6.96. The third-order valence-electron chi connectivity index (χ3n) is 3.10. The lowest BCUT2D eigenvalue weighted by Crippen LogP contribution is -2.22. The molecule has 0 amide bonds. The molecule has 0 bridgehead atoms. The Hall–Kier alpha value is -0.800. The molecule has 1 aromatic carbocycles. The van der Waals surface area contributed by atoms with Gasteiger partial charge >= 0.3 is 0 Å². The minimum Gasteiger partial charge on any atom is -0.334 e. The van der Waals surface area contributed by atoms with Crippen molar-refractivity contribution in [1.29, 1.82) is 0 Å². The maximum Gasteiger partial charge on any atom is 0.109 e. The van der Waals surface area contributed by atoms with Crippen molar-refractivity contribution in [3.05, 3.63) is 39.5 Å². The molecule has 0 atom stereocenters. The fraction of sp³-hybridized carbons (Fsp3) is 0.357. The summed E-state index contributed by atoms with van der Waals surface area (Å²) < 4.78 is 0.976. The Morgan fingerprint density at radius 1 is 1.50 bits per heavy atom. The van der Waals surface area contributed by atoms with Crippen LogP contribution < -0.4 is 0 Å². The number of rotatable bonds is 2. The molecule has 1 aliphatic heterocycles. The molecule has 0 radical (unpaired) electrons. The molecule has 1 heterocycles. The van der Waals surface area contributed by atoms with E-state index in [0.717, 1.165) is 35.4 Å². The molecule has 0 aromatic heterocycles. The van der Waals surface area contributed by atoms with Crippen molar-refractivity contribution < 1.29 is 0 Å². The molecule has 18 heavy (non-hydrogen) atoms. The van der Waals surface area contributed by atoms with Crippen molar-refractivity contribution in [3.63, 3.8) is 0 Å². The number of allylic oxidation sites excluding steroid dienone is 2. The number of halogens is 2. The van der Waals surface area contributed by atoms with Gasteiger partial charge in [0.15, 0.2) is 0 Å². The van der Waals surface area contributed by atoms with Crippen molar-refractivity contribution >= 4 is 39.1 Å². The van der Waals surface area contributed by atoms with Crippen molar-refractivity contribution in [1.82, 2.24) is 4.90 Å². The third-order valence-corrected chi connectivity index (χ3v) is 3.89. The zero-order chi connectivity index (χ0) is 13.1. The molecule has 2 nitrogen and oxygen atoms in total. The van der Waals surface area contributed by atoms with E-state index >= 15 is 0 Å². The van der Waals surface area contributed by atoms with Crippen molar-refractivity contribution in [2.75, 3.05) is 6.54 Å². The number of amidine groups is 1. The summed E-state index contributed by atoms with van der Waals surface area (Å²) in [7, 11) is 0. The molecule has 2 rings (SSSR count). The van der Waals surface area contributed by atoms with Gasteiger partial charge in [-0.2, -0.15) is 0 Å². The molecule has 96 valence electrons. The van der Waals surface area contributed by atoms with Gasteiger partial charge in [-0.1, -0.05) is 33.6 Å². The lowest BCUT2D eigenvalue weighted by atomic mass is 10.3. The monoisotopic (exact) mass is 326 g/mol. The zero-order valence-corrected chi connectivity index (χ0v) is 12.9. The number of aliphatic imine (C=N–C) groups is 1. The van der Waals surface area contributed by atoms with Gasteiger partial charge in [0.2, 0.25) is 0 Å². The van der Waals surface area contributed by atoms with Crippen LogP contribution in [0.25, 0.3) is 0 Å². The Bertz CT molecular complexity index is 509. The molecule has 1 aliphatic rings. The Labute approximate surface area is 121 Å². The van der Waals surface area contributed by atoms with Crippen LogP contribution >= 0.6 is 27.5 Å². The summed E-state index contributed by atoms with van der Waals surface area (Å²) in [5.74, 6) is 1.11. The number of hydrogen-bond acceptors (Lipinski definition) is 1. The van der Waals surface area contributed by atoms with Crippen LogP contribution in [0.5, 0.6) is 0 Å². The second kappa shape index (κ2) is 5.89. The second-order valence-corrected chi connectivity index (χ2v) is 5.63. The first-order chi connectivity index (χ1) is 8.61. The zero-order valence-electron chi connectivity index (χ0n) is 10.6. The average molecular weight is 328 g/mol. The summed E-state index contributed by atoms with van der Waals surface area (Å²) in [5, 5.41) is 0.682. The summed E-state index contributed by atoms with van der Waals surface area (Å²) >= 11 is 9.60. The minimum atomic E-state index is 0.682. The molecule has 1 aromatic rings. The van der Waals surface area contributed by atoms with Gasteiger partial charge in [-0.3, -0.25) is 0 Å². The lowest BCUT2D eigenvalue weighted by molar-refractivity contribution is 0.555. The van der Waals surface area contributed by atoms with Crippen molar-refractivity contribution in [2.24, 2.45) is 4.99 Å². The van der Waals surface area contributed by atoms with Gasteiger partial charge in [0.25, 0.3) is 0 Å². The minimum absolute atomic E-state index is 0.682. The number of benzene rings is 1. The average Bonchev–Trinajstić information content (AvgIpc) is 2.80. The number of nitrogens with zero attached hydrogens (tertiary/aromatic N) is 2. The SMILES string of the molecule is C/C=C(/C)N1CCCC1=Nc1ccc(Br)cc1Cl. The first-order valence-corrected chi connectivity index (χ1v) is 7.22. The number of likely N-dealkylation sites (tertiary alicyclic amines) is 1. The van der Waals surface area contributed by atoms with Gasteiger partial charge < -0.3 is 4.90 Å². The topological polar surface area (TPSA) is 15.6 Å². The van der Waals surface area contributed by atoms with Crippen LogP contribution in [0.1, 0.15) is 26.7 Å². The Kier molecular flexibility index (Phi) is 4.46. The van der Waals surface area contributed by atoms with E-state index in [-0.39, 0.29) is 0 Å². The maximum atomic E-state index is 6.20. The first kappa shape index (κ1) is 13.6. The molecule has 0 N–H and O–H groups in total. The standard InChI is InChI=1S/C14H16BrClN2/c1-3-10(2)18-8-4-5-14(18)17-13-7-6-11(15)9-12(13)16/h3,6-7,9H,4-5,8H2,1-2H3/b10-3-,17-14?. The summed E-state index contributed by atoms with van der Waals surface area (Å²) in [5.41, 5.74) is 2.09. The predicted octanol–water partition coefficient (Wildman–Crippen LogP) is 5.15. The first-order valence-electron chi connectivity index (χ1n) is 6.05. The van der Waals surface area contributed by atoms with E-state index in [2.05, 4.69) is 40.8 Å². The fourth-order valence-electron chi connectivity index (χ4n) is 2.02. The van der Waals surface area contributed by atoms with E-state index in [1.807, 2.05) is 18.2 Å². The Morgan fingerprint density at radius 3 is 2.94 bits per heavy atom. The van der Waals surface area contributed by atoms with E-state index in [1.54, 1.807) is 0 Å². The van der Waals surface area contributed by atoms with Crippen LogP contribution in [0.3, 0.4) is 0 Å². The van der Waals surface area contributed by atoms with E-state index in [1.165, 1.54) is 5.70 Å². The predicted molar refractivity (Wildman–Crippen MR) is 81.6 cm³/mol. The molecule has 1 fully saturated rings. The van der Waals surface area contributed by atoms with Gasteiger partial charge in [-0.25, -0.2) is 4.99 Å². The highest BCUT2D eigenvalue weighted by atomic mass is 79.9. The van der Waals surface area contributed by atoms with Crippen LogP contribution in [-0.4, -0.2) is 17.3 Å². The molecule has 0 saturated carbocycles. The molecule has 1 saturated heterocycles. The number of hydrogen-bond donors (Lipinski definition) is 0. The van der Waals surface area contributed by atoms with Gasteiger partial charge in [-0.15, -0.1) is 0 Å². The quantitative estimate of drug-likeness (QED) is 0.733. The molecule has 0 spiro atoms. The van der Waals surface area contributed by atoms with Crippen LogP contribution in [0.4, 0.5) is 5.69 Å². The van der Waals surface area contributed by atoms with Crippen LogP contribution in [0, 0.1) is 0 Å². The van der Waals surface area contributed by atoms with Crippen LogP contribution in [0.2, 0.25) is 5.02 Å². The largest absolute Gasteiger partial charge is 0.334 e. The van der Waals surface area contributed by atoms with Gasteiger partial charge in [0.1, 0.15) is 5.84 Å². The highest BCUT2D eigenvalue weighted by Gasteiger charge is 2.19. The molecular weight excluding hydrogens is 312 g/mol. The van der Waals surface area contributed by atoms with E-state index < -0.39 is 0 Å². The molecule has 0 aliphatic carbocycles. The van der Waals surface area contributed by atoms with Crippen LogP contribution in [-0.2, 0) is 0 Å². The second-order valence-electron chi connectivity index (χ2n) is 4.31. The maximum absolute atomic E-state index is 6.20. The summed E-state index contributed by atoms with van der Waals surface area (Å²) in [6.45, 7) is 5.21. The van der Waals surface area contributed by atoms with Crippen molar-refractivity contribution in [3.8, 4) is 0 Å². The molecule has 0 unspecified atom stereocenters. The van der Waals surface area contributed by atoms with Gasteiger partial charge in [0.05, 0.1) is 10.7 Å². The van der Waals surface area contributed by atoms with E-state index in [4.69, 9.17) is 16.6 Å². The van der Waals surface area contributed by atoms with Gasteiger partial charge in [-0.05, 0) is 38.5 Å². The third kappa shape index (κ3) is 2.96. The smallest absolute Gasteiger partial charge is 0.109 e. The highest BCUT2D eigenvalue weighted by Crippen LogP contribution is 2.30.